The summed E-state index contributed by atoms with van der Waals surface area (Å²) in [6.45, 7) is 6.88. The fourth-order valence-corrected chi connectivity index (χ4v) is 2.42. The van der Waals surface area contributed by atoms with E-state index in [0.29, 0.717) is 12.4 Å². The molecule has 0 bridgehead atoms. The molecule has 0 aliphatic heterocycles. The summed E-state index contributed by atoms with van der Waals surface area (Å²) in [5.41, 5.74) is 2.20. The number of hydrogen-bond acceptors (Lipinski definition) is 6. The highest BCUT2D eigenvalue weighted by molar-refractivity contribution is 5.34. The molecule has 0 radical (unpaired) electrons. The highest BCUT2D eigenvalue weighted by Crippen LogP contribution is 2.22. The average Bonchev–Trinajstić information content (AvgIpc) is 3.26. The molecule has 2 heterocycles. The lowest BCUT2D eigenvalue weighted by molar-refractivity contribution is 0.216. The van der Waals surface area contributed by atoms with Gasteiger partial charge in [-0.15, -0.1) is 0 Å². The molecule has 126 valence electrons. The van der Waals surface area contributed by atoms with E-state index in [0.717, 1.165) is 11.5 Å². The first-order valence-electron chi connectivity index (χ1n) is 8.02. The lowest BCUT2D eigenvalue weighted by Gasteiger charge is -2.23. The third-order valence-electron chi connectivity index (χ3n) is 4.10. The summed E-state index contributed by atoms with van der Waals surface area (Å²) in [6.07, 6.45) is 3.21. The number of aromatic nitrogens is 5. The summed E-state index contributed by atoms with van der Waals surface area (Å²) in [5.74, 6) is 1.67. The van der Waals surface area contributed by atoms with Crippen molar-refractivity contribution in [3.05, 3.63) is 54.2 Å². The number of rotatable bonds is 6. The highest BCUT2D eigenvalue weighted by Gasteiger charge is 2.16. The van der Waals surface area contributed by atoms with Crippen LogP contribution in [-0.2, 0) is 6.54 Å². The molecule has 1 aromatic carbocycles. The zero-order valence-electron chi connectivity index (χ0n) is 14.4. The summed E-state index contributed by atoms with van der Waals surface area (Å²) in [6, 6.07) is 8.51. The summed E-state index contributed by atoms with van der Waals surface area (Å²) in [4.78, 5) is 10.6. The highest BCUT2D eigenvalue weighted by atomic mass is 16.5. The first-order valence-corrected chi connectivity index (χ1v) is 8.02. The van der Waals surface area contributed by atoms with Crippen LogP contribution < -0.4 is 0 Å². The van der Waals surface area contributed by atoms with Crippen LogP contribution in [0.15, 0.2) is 41.4 Å². The second kappa shape index (κ2) is 6.92. The van der Waals surface area contributed by atoms with E-state index in [1.165, 1.54) is 11.9 Å². The van der Waals surface area contributed by atoms with Crippen molar-refractivity contribution in [2.45, 2.75) is 39.3 Å². The van der Waals surface area contributed by atoms with Gasteiger partial charge in [-0.1, -0.05) is 31.1 Å². The van der Waals surface area contributed by atoms with Gasteiger partial charge in [0.1, 0.15) is 12.7 Å². The van der Waals surface area contributed by atoms with Gasteiger partial charge in [0, 0.05) is 12.0 Å². The fourth-order valence-electron chi connectivity index (χ4n) is 2.42. The summed E-state index contributed by atoms with van der Waals surface area (Å²) >= 11 is 0. The topological polar surface area (TPSA) is 72.9 Å². The summed E-state index contributed by atoms with van der Waals surface area (Å²) in [7, 11) is 2.05. The zero-order chi connectivity index (χ0) is 17.1. The van der Waals surface area contributed by atoms with E-state index in [2.05, 4.69) is 65.1 Å². The van der Waals surface area contributed by atoms with Gasteiger partial charge in [0.2, 0.25) is 5.89 Å². The molecule has 1 unspecified atom stereocenters. The maximum atomic E-state index is 5.33. The molecule has 0 N–H and O–H groups in total. The number of hydrogen-bond donors (Lipinski definition) is 0. The van der Waals surface area contributed by atoms with Gasteiger partial charge in [-0.2, -0.15) is 10.1 Å². The van der Waals surface area contributed by atoms with Crippen LogP contribution in [0.1, 0.15) is 50.0 Å². The van der Waals surface area contributed by atoms with E-state index in [9.17, 15) is 0 Å². The van der Waals surface area contributed by atoms with Crippen LogP contribution in [0.25, 0.3) is 5.69 Å². The molecule has 0 amide bonds. The molecule has 2 aromatic heterocycles. The third-order valence-corrected chi connectivity index (χ3v) is 4.10. The molecule has 24 heavy (non-hydrogen) atoms. The van der Waals surface area contributed by atoms with Gasteiger partial charge >= 0.3 is 0 Å². The molecule has 0 aliphatic rings. The van der Waals surface area contributed by atoms with E-state index < -0.39 is 0 Å². The van der Waals surface area contributed by atoms with Crippen LogP contribution in [0.4, 0.5) is 0 Å². The largest absolute Gasteiger partial charge is 0.338 e. The van der Waals surface area contributed by atoms with Gasteiger partial charge in [0.05, 0.1) is 12.2 Å². The van der Waals surface area contributed by atoms with Crippen molar-refractivity contribution in [1.82, 2.24) is 29.8 Å². The molecule has 3 aromatic rings. The lowest BCUT2D eigenvalue weighted by Crippen LogP contribution is -2.22. The smallest absolute Gasteiger partial charge is 0.240 e. The van der Waals surface area contributed by atoms with Crippen molar-refractivity contribution in [2.75, 3.05) is 7.05 Å². The van der Waals surface area contributed by atoms with Crippen molar-refractivity contribution in [3.8, 4) is 5.69 Å². The van der Waals surface area contributed by atoms with Crippen LogP contribution in [0.2, 0.25) is 0 Å². The Kier molecular flexibility index (Phi) is 4.71. The Bertz CT molecular complexity index is 763. The Morgan fingerprint density at radius 2 is 1.92 bits per heavy atom. The normalized spacial score (nSPS) is 12.9. The van der Waals surface area contributed by atoms with Gasteiger partial charge in [0.25, 0.3) is 0 Å². The second-order valence-electron chi connectivity index (χ2n) is 6.22. The molecular formula is C17H22N6O. The Labute approximate surface area is 141 Å². The third kappa shape index (κ3) is 3.51. The van der Waals surface area contributed by atoms with Gasteiger partial charge in [-0.3, -0.25) is 4.90 Å². The van der Waals surface area contributed by atoms with Crippen LogP contribution in [-0.4, -0.2) is 36.9 Å². The lowest BCUT2D eigenvalue weighted by atomic mass is 10.1. The molecule has 0 aliphatic carbocycles. The molecule has 7 heteroatoms. The Hall–Kier alpha value is -2.54. The van der Waals surface area contributed by atoms with E-state index in [-0.39, 0.29) is 12.0 Å². The molecule has 0 spiro atoms. The molecule has 7 nitrogen and oxygen atoms in total. The molecule has 1 atom stereocenters. The maximum absolute atomic E-state index is 5.33. The number of benzene rings is 1. The zero-order valence-corrected chi connectivity index (χ0v) is 14.4. The molecular weight excluding hydrogens is 304 g/mol. The molecule has 0 saturated carbocycles. The quantitative estimate of drug-likeness (QED) is 0.693. The standard InChI is InChI=1S/C17H22N6O/c1-12(2)17-20-16(24-21-17)9-22(4)13(3)14-5-7-15(8-6-14)23-11-18-10-19-23/h5-8,10-13H,9H2,1-4H3. The predicted octanol–water partition coefficient (Wildman–Crippen LogP) is 2.97. The van der Waals surface area contributed by atoms with Crippen molar-refractivity contribution < 1.29 is 4.52 Å². The minimum Gasteiger partial charge on any atom is -0.338 e. The average molecular weight is 326 g/mol. The van der Waals surface area contributed by atoms with Crippen molar-refractivity contribution in [2.24, 2.45) is 0 Å². The maximum Gasteiger partial charge on any atom is 0.240 e. The molecule has 0 saturated heterocycles. The van der Waals surface area contributed by atoms with Crippen LogP contribution in [0.3, 0.4) is 0 Å². The monoisotopic (exact) mass is 326 g/mol. The first-order chi connectivity index (χ1) is 11.5. The predicted molar refractivity (Wildman–Crippen MR) is 89.6 cm³/mol. The SMILES string of the molecule is CC(C)c1noc(CN(C)C(C)c2ccc(-n3cncn3)cc2)n1. The first kappa shape index (κ1) is 16.3. The van der Waals surface area contributed by atoms with E-state index in [1.54, 1.807) is 11.0 Å². The van der Waals surface area contributed by atoms with E-state index in [4.69, 9.17) is 4.52 Å². The van der Waals surface area contributed by atoms with Crippen LogP contribution in [0.5, 0.6) is 0 Å². The van der Waals surface area contributed by atoms with E-state index >= 15 is 0 Å². The van der Waals surface area contributed by atoms with Gasteiger partial charge < -0.3 is 4.52 Å². The van der Waals surface area contributed by atoms with Gasteiger partial charge in [-0.25, -0.2) is 9.67 Å². The van der Waals surface area contributed by atoms with E-state index in [1.807, 2.05) is 12.1 Å². The minimum atomic E-state index is 0.226. The van der Waals surface area contributed by atoms with Crippen LogP contribution in [0, 0.1) is 0 Å². The molecule has 3 rings (SSSR count). The van der Waals surface area contributed by atoms with Crippen molar-refractivity contribution >= 4 is 0 Å². The summed E-state index contributed by atoms with van der Waals surface area (Å²) in [5, 5.41) is 8.15. The second-order valence-corrected chi connectivity index (χ2v) is 6.22. The van der Waals surface area contributed by atoms with Crippen molar-refractivity contribution in [3.63, 3.8) is 0 Å². The summed E-state index contributed by atoms with van der Waals surface area (Å²) < 4.78 is 7.07. The van der Waals surface area contributed by atoms with Gasteiger partial charge in [0.15, 0.2) is 5.82 Å². The van der Waals surface area contributed by atoms with Crippen LogP contribution >= 0.6 is 0 Å². The Morgan fingerprint density at radius 3 is 2.50 bits per heavy atom. The minimum absolute atomic E-state index is 0.226. The Balaban J connectivity index is 1.67. The fraction of sp³-hybridized carbons (Fsp3) is 0.412. The van der Waals surface area contributed by atoms with Gasteiger partial charge in [-0.05, 0) is 31.7 Å². The number of nitrogens with zero attached hydrogens (tertiary/aromatic N) is 6. The van der Waals surface area contributed by atoms with Crippen molar-refractivity contribution in [1.29, 1.82) is 0 Å². The molecule has 0 fully saturated rings. The Morgan fingerprint density at radius 1 is 1.17 bits per heavy atom.